The van der Waals surface area contributed by atoms with E-state index in [4.69, 9.17) is 27.9 Å². The number of halogens is 2. The van der Waals surface area contributed by atoms with Gasteiger partial charge in [-0.15, -0.1) is 0 Å². The number of benzene rings is 3. The van der Waals surface area contributed by atoms with Crippen molar-refractivity contribution in [2.45, 2.75) is 13.8 Å². The van der Waals surface area contributed by atoms with Crippen molar-refractivity contribution < 1.29 is 14.5 Å². The summed E-state index contributed by atoms with van der Waals surface area (Å²) in [4.78, 5) is 24.1. The van der Waals surface area contributed by atoms with Gasteiger partial charge in [-0.05, 0) is 43.7 Å². The van der Waals surface area contributed by atoms with Gasteiger partial charge in [-0.2, -0.15) is 0 Å². The zero-order valence-electron chi connectivity index (χ0n) is 16.5. The van der Waals surface area contributed by atoms with Gasteiger partial charge >= 0.3 is 0 Å². The van der Waals surface area contributed by atoms with Crippen LogP contribution in [0.4, 0.5) is 11.4 Å². The summed E-state index contributed by atoms with van der Waals surface area (Å²) in [5.41, 5.74) is 3.39. The molecule has 4 rings (SSSR count). The zero-order valence-corrected chi connectivity index (χ0v) is 18.0. The molecule has 0 fully saturated rings. The van der Waals surface area contributed by atoms with Gasteiger partial charge in [0.15, 0.2) is 5.75 Å². The van der Waals surface area contributed by atoms with Crippen molar-refractivity contribution in [3.05, 3.63) is 90.4 Å². The molecule has 3 aromatic carbocycles. The first-order valence-electron chi connectivity index (χ1n) is 9.29. The van der Waals surface area contributed by atoms with Crippen LogP contribution in [0.25, 0.3) is 12.2 Å². The number of hydrogen-bond donors (Lipinski definition) is 1. The molecule has 1 N–H and O–H groups in total. The summed E-state index contributed by atoms with van der Waals surface area (Å²) < 4.78 is 5.92. The van der Waals surface area contributed by atoms with Gasteiger partial charge in [0.25, 0.3) is 11.6 Å². The molecule has 0 bridgehead atoms. The molecule has 0 aromatic heterocycles. The molecule has 0 unspecified atom stereocenters. The molecular weight excluding hydrogens is 439 g/mol. The number of aryl methyl sites for hydroxylation is 2. The Morgan fingerprint density at radius 2 is 1.84 bits per heavy atom. The number of carbonyl (C=O) groups is 1. The molecule has 0 saturated heterocycles. The van der Waals surface area contributed by atoms with E-state index in [-0.39, 0.29) is 22.0 Å². The summed E-state index contributed by atoms with van der Waals surface area (Å²) in [5.74, 6) is -0.0308. The Morgan fingerprint density at radius 1 is 1.06 bits per heavy atom. The Balaban J connectivity index is 1.83. The minimum atomic E-state index is -0.573. The Hall–Kier alpha value is -3.35. The van der Waals surface area contributed by atoms with E-state index >= 15 is 0 Å². The molecule has 0 saturated carbocycles. The number of anilines is 1. The van der Waals surface area contributed by atoms with Gasteiger partial charge in [-0.3, -0.25) is 14.9 Å². The number of amides is 1. The molecule has 31 heavy (non-hydrogen) atoms. The van der Waals surface area contributed by atoms with Crippen LogP contribution in [0.3, 0.4) is 0 Å². The maximum Gasteiger partial charge on any atom is 0.274 e. The van der Waals surface area contributed by atoms with E-state index in [1.54, 1.807) is 24.3 Å². The topological polar surface area (TPSA) is 81.5 Å². The third-order valence-electron chi connectivity index (χ3n) is 4.89. The number of nitrogens with one attached hydrogen (secondary N) is 1. The number of fused-ring (bicyclic) bond motifs is 2. The number of rotatable bonds is 3. The summed E-state index contributed by atoms with van der Waals surface area (Å²) in [5, 5.41) is 15.0. The van der Waals surface area contributed by atoms with Crippen LogP contribution in [-0.2, 0) is 0 Å². The maximum absolute atomic E-state index is 13.1. The second-order valence-electron chi connectivity index (χ2n) is 7.18. The fourth-order valence-electron chi connectivity index (χ4n) is 3.40. The van der Waals surface area contributed by atoms with Crippen molar-refractivity contribution in [2.75, 3.05) is 5.32 Å². The molecule has 1 heterocycles. The predicted octanol–water partition coefficient (Wildman–Crippen LogP) is 7.05. The highest BCUT2D eigenvalue weighted by molar-refractivity contribution is 6.36. The lowest BCUT2D eigenvalue weighted by molar-refractivity contribution is -0.384. The zero-order chi connectivity index (χ0) is 22.3. The predicted molar refractivity (Wildman–Crippen MR) is 122 cm³/mol. The molecule has 1 aliphatic rings. The van der Waals surface area contributed by atoms with Crippen molar-refractivity contribution in [1.82, 2.24) is 0 Å². The number of carbonyl (C=O) groups excluding carboxylic acids is 1. The molecule has 1 amide bonds. The van der Waals surface area contributed by atoms with Crippen molar-refractivity contribution >= 4 is 52.6 Å². The molecule has 156 valence electrons. The summed E-state index contributed by atoms with van der Waals surface area (Å²) in [7, 11) is 0. The number of nitro groups is 1. The Labute approximate surface area is 188 Å². The van der Waals surface area contributed by atoms with Gasteiger partial charge in [-0.25, -0.2) is 0 Å². The highest BCUT2D eigenvalue weighted by Crippen LogP contribution is 2.42. The summed E-state index contributed by atoms with van der Waals surface area (Å²) in [6, 6.07) is 11.3. The van der Waals surface area contributed by atoms with Crippen LogP contribution in [-0.4, -0.2) is 10.8 Å². The first kappa shape index (κ1) is 20.9. The van der Waals surface area contributed by atoms with Gasteiger partial charge in [0.1, 0.15) is 5.75 Å². The molecule has 0 radical (unpaired) electrons. The standard InChI is InChI=1S/C23H16Cl2N2O4/c1-12-3-6-20(13(2)7-12)26-23(28)18-10-16(27(29)30)11-21-17(18)5-4-14-8-15(24)9-19(25)22(14)31-21/h3-11H,1-2H3,(H,26,28). The number of non-ortho nitro benzene ring substituents is 1. The van der Waals surface area contributed by atoms with E-state index in [0.717, 1.165) is 11.1 Å². The normalized spacial score (nSPS) is 11.7. The highest BCUT2D eigenvalue weighted by atomic mass is 35.5. The monoisotopic (exact) mass is 454 g/mol. The second kappa shape index (κ2) is 8.06. The molecule has 8 heteroatoms. The first-order valence-corrected chi connectivity index (χ1v) is 10.0. The largest absolute Gasteiger partial charge is 0.454 e. The Kier molecular flexibility index (Phi) is 5.43. The molecule has 6 nitrogen and oxygen atoms in total. The van der Waals surface area contributed by atoms with Gasteiger partial charge in [0.05, 0.1) is 21.6 Å². The average Bonchev–Trinajstić information content (AvgIpc) is 2.89. The number of ether oxygens (including phenoxy) is 1. The van der Waals surface area contributed by atoms with Crippen LogP contribution in [0.2, 0.25) is 10.0 Å². The number of hydrogen-bond acceptors (Lipinski definition) is 4. The van der Waals surface area contributed by atoms with Crippen molar-refractivity contribution in [3.8, 4) is 11.5 Å². The van der Waals surface area contributed by atoms with E-state index in [9.17, 15) is 14.9 Å². The van der Waals surface area contributed by atoms with Crippen molar-refractivity contribution in [3.63, 3.8) is 0 Å². The van der Waals surface area contributed by atoms with Crippen LogP contribution in [0.15, 0.2) is 42.5 Å². The lowest BCUT2D eigenvalue weighted by Crippen LogP contribution is -2.15. The molecular formula is C23H16Cl2N2O4. The Morgan fingerprint density at radius 3 is 2.55 bits per heavy atom. The van der Waals surface area contributed by atoms with Crippen LogP contribution < -0.4 is 10.1 Å². The van der Waals surface area contributed by atoms with E-state index in [0.29, 0.717) is 27.6 Å². The summed E-state index contributed by atoms with van der Waals surface area (Å²) >= 11 is 12.4. The number of nitro benzene ring substituents is 1. The van der Waals surface area contributed by atoms with Crippen LogP contribution >= 0.6 is 23.2 Å². The molecule has 0 spiro atoms. The van der Waals surface area contributed by atoms with Crippen molar-refractivity contribution in [1.29, 1.82) is 0 Å². The van der Waals surface area contributed by atoms with Crippen LogP contribution in [0.1, 0.15) is 32.6 Å². The molecule has 1 aliphatic heterocycles. The van der Waals surface area contributed by atoms with E-state index < -0.39 is 10.8 Å². The third-order valence-corrected chi connectivity index (χ3v) is 5.39. The van der Waals surface area contributed by atoms with Crippen LogP contribution in [0.5, 0.6) is 11.5 Å². The second-order valence-corrected chi connectivity index (χ2v) is 8.02. The fourth-order valence-corrected chi connectivity index (χ4v) is 3.95. The van der Waals surface area contributed by atoms with Gasteiger partial charge in [0, 0.05) is 27.9 Å². The van der Waals surface area contributed by atoms with E-state index in [2.05, 4.69) is 5.32 Å². The fraction of sp³-hybridized carbons (Fsp3) is 0.0870. The van der Waals surface area contributed by atoms with E-state index in [1.807, 2.05) is 26.0 Å². The quantitative estimate of drug-likeness (QED) is 0.265. The first-order chi connectivity index (χ1) is 14.7. The lowest BCUT2D eigenvalue weighted by atomic mass is 10.0. The Bertz CT molecular complexity index is 1290. The third kappa shape index (κ3) is 4.13. The molecule has 3 aromatic rings. The maximum atomic E-state index is 13.1. The average molecular weight is 455 g/mol. The molecule has 0 atom stereocenters. The number of nitrogens with zero attached hydrogens (tertiary/aromatic N) is 1. The summed E-state index contributed by atoms with van der Waals surface area (Å²) in [6.07, 6.45) is 3.37. The minimum absolute atomic E-state index is 0.107. The van der Waals surface area contributed by atoms with Gasteiger partial charge in [-0.1, -0.05) is 47.0 Å². The highest BCUT2D eigenvalue weighted by Gasteiger charge is 2.24. The smallest absolute Gasteiger partial charge is 0.274 e. The summed E-state index contributed by atoms with van der Waals surface area (Å²) in [6.45, 7) is 3.83. The van der Waals surface area contributed by atoms with Gasteiger partial charge < -0.3 is 10.1 Å². The molecule has 0 aliphatic carbocycles. The minimum Gasteiger partial charge on any atom is -0.454 e. The SMILES string of the molecule is Cc1ccc(NC(=O)c2cc([N+](=O)[O-])cc3c2C=Cc2cc(Cl)cc(Cl)c2O3)c(C)c1. The van der Waals surface area contributed by atoms with Crippen molar-refractivity contribution in [2.24, 2.45) is 0 Å². The lowest BCUT2D eigenvalue weighted by Gasteiger charge is -2.14. The van der Waals surface area contributed by atoms with Gasteiger partial charge in [0.2, 0.25) is 0 Å². The van der Waals surface area contributed by atoms with Crippen LogP contribution in [0, 0.1) is 24.0 Å². The van der Waals surface area contributed by atoms with E-state index in [1.165, 1.54) is 18.2 Å².